The third kappa shape index (κ3) is 2.53. The van der Waals surface area contributed by atoms with Crippen LogP contribution in [0, 0.1) is 12.5 Å². The first-order chi connectivity index (χ1) is 9.04. The van der Waals surface area contributed by atoms with Crippen molar-refractivity contribution in [3.63, 3.8) is 0 Å². The second kappa shape index (κ2) is 5.27. The van der Waals surface area contributed by atoms with Gasteiger partial charge in [0.25, 0.3) is 0 Å². The van der Waals surface area contributed by atoms with E-state index in [0.29, 0.717) is 0 Å². The number of terminal acetylenes is 1. The average Bonchev–Trinajstić information content (AvgIpc) is 2.64. The van der Waals surface area contributed by atoms with Crippen molar-refractivity contribution < 1.29 is 19.7 Å². The summed E-state index contributed by atoms with van der Waals surface area (Å²) in [5, 5.41) is 19.7. The molecule has 1 aliphatic rings. The Balaban J connectivity index is 2.22. The van der Waals surface area contributed by atoms with E-state index in [4.69, 9.17) is 16.9 Å². The van der Waals surface area contributed by atoms with Crippen LogP contribution >= 0.6 is 0 Å². The van der Waals surface area contributed by atoms with Crippen molar-refractivity contribution in [1.82, 2.24) is 9.55 Å². The maximum Gasteiger partial charge on any atom is 0.351 e. The molecular formula is C11H13N3O5. The van der Waals surface area contributed by atoms with Crippen LogP contribution in [0.4, 0.5) is 5.82 Å². The number of ether oxygens (including phenoxy) is 2. The molecule has 0 unspecified atom stereocenters. The van der Waals surface area contributed by atoms with E-state index >= 15 is 0 Å². The maximum absolute atomic E-state index is 11.6. The summed E-state index contributed by atoms with van der Waals surface area (Å²) < 4.78 is 11.1. The molecule has 2 heterocycles. The number of aliphatic hydroxyl groups is 2. The second-order valence-corrected chi connectivity index (χ2v) is 4.02. The molecule has 1 aromatic heterocycles. The van der Waals surface area contributed by atoms with Gasteiger partial charge in [-0.3, -0.25) is 4.57 Å². The average molecular weight is 267 g/mol. The summed E-state index contributed by atoms with van der Waals surface area (Å²) in [4.78, 5) is 15.1. The van der Waals surface area contributed by atoms with Gasteiger partial charge in [0.15, 0.2) is 6.23 Å². The number of nitrogens with two attached hydrogens (primary N) is 1. The zero-order chi connectivity index (χ0) is 14.0. The lowest BCUT2D eigenvalue weighted by Gasteiger charge is -2.16. The summed E-state index contributed by atoms with van der Waals surface area (Å²) in [6.45, 7) is -0.0949. The van der Waals surface area contributed by atoms with Crippen molar-refractivity contribution in [2.75, 3.05) is 12.3 Å². The van der Waals surface area contributed by atoms with Crippen molar-refractivity contribution in [2.45, 2.75) is 24.5 Å². The highest BCUT2D eigenvalue weighted by Gasteiger charge is 2.44. The summed E-state index contributed by atoms with van der Waals surface area (Å²) in [6, 6.07) is 1.38. The molecule has 8 heteroatoms. The van der Waals surface area contributed by atoms with Crippen molar-refractivity contribution in [2.24, 2.45) is 0 Å². The van der Waals surface area contributed by atoms with Gasteiger partial charge in [-0.15, -0.1) is 0 Å². The number of hydrogen-bond acceptors (Lipinski definition) is 7. The minimum atomic E-state index is -1.30. The van der Waals surface area contributed by atoms with E-state index in [2.05, 4.69) is 9.72 Å². The predicted octanol–water partition coefficient (Wildman–Crippen LogP) is -1.95. The number of nitrogens with zero attached hydrogens (tertiary/aromatic N) is 2. The molecule has 1 aliphatic heterocycles. The van der Waals surface area contributed by atoms with Gasteiger partial charge in [-0.2, -0.15) is 4.98 Å². The van der Waals surface area contributed by atoms with E-state index in [-0.39, 0.29) is 12.4 Å². The minimum Gasteiger partial charge on any atom is -0.444 e. The highest BCUT2D eigenvalue weighted by molar-refractivity contribution is 5.23. The van der Waals surface area contributed by atoms with Crippen LogP contribution in [0.2, 0.25) is 0 Å². The monoisotopic (exact) mass is 267 g/mol. The van der Waals surface area contributed by atoms with Crippen molar-refractivity contribution in [1.29, 1.82) is 0 Å². The SMILES string of the molecule is C#COC[C@H]1O[C@@H](n2ccc(N)nc2=O)[C@H](O)[C@@H]1O. The van der Waals surface area contributed by atoms with E-state index in [9.17, 15) is 15.0 Å². The Morgan fingerprint density at radius 2 is 2.32 bits per heavy atom. The first-order valence-corrected chi connectivity index (χ1v) is 5.48. The van der Waals surface area contributed by atoms with Crippen molar-refractivity contribution in [3.8, 4) is 12.5 Å². The van der Waals surface area contributed by atoms with Crippen LogP contribution < -0.4 is 11.4 Å². The van der Waals surface area contributed by atoms with Crippen molar-refractivity contribution in [3.05, 3.63) is 22.7 Å². The van der Waals surface area contributed by atoms with E-state index in [1.165, 1.54) is 12.3 Å². The van der Waals surface area contributed by atoms with Gasteiger partial charge in [0, 0.05) is 6.20 Å². The zero-order valence-electron chi connectivity index (χ0n) is 9.84. The first kappa shape index (κ1) is 13.4. The van der Waals surface area contributed by atoms with E-state index in [1.807, 2.05) is 6.11 Å². The van der Waals surface area contributed by atoms with Crippen LogP contribution in [0.15, 0.2) is 17.1 Å². The molecule has 1 saturated heterocycles. The molecule has 0 saturated carbocycles. The lowest BCUT2D eigenvalue weighted by Crippen LogP contribution is -2.36. The summed E-state index contributed by atoms with van der Waals surface area (Å²) in [5.74, 6) is 0.0569. The smallest absolute Gasteiger partial charge is 0.351 e. The van der Waals surface area contributed by atoms with Crippen LogP contribution in [0.5, 0.6) is 0 Å². The van der Waals surface area contributed by atoms with E-state index < -0.39 is 30.2 Å². The van der Waals surface area contributed by atoms with Gasteiger partial charge in [0.2, 0.25) is 0 Å². The number of aromatic nitrogens is 2. The van der Waals surface area contributed by atoms with Gasteiger partial charge in [-0.1, -0.05) is 6.42 Å². The fraction of sp³-hybridized carbons (Fsp3) is 0.455. The molecule has 0 aromatic carbocycles. The van der Waals surface area contributed by atoms with Gasteiger partial charge in [0.05, 0.1) is 0 Å². The molecule has 0 radical (unpaired) electrons. The summed E-state index contributed by atoms with van der Waals surface area (Å²) in [5.41, 5.74) is 4.68. The Hall–Kier alpha value is -2.08. The Morgan fingerprint density at radius 1 is 1.58 bits per heavy atom. The number of rotatable bonds is 3. The highest BCUT2D eigenvalue weighted by atomic mass is 16.6. The van der Waals surface area contributed by atoms with Crippen LogP contribution in [-0.2, 0) is 9.47 Å². The first-order valence-electron chi connectivity index (χ1n) is 5.48. The largest absolute Gasteiger partial charge is 0.444 e. The summed E-state index contributed by atoms with van der Waals surface area (Å²) >= 11 is 0. The predicted molar refractivity (Wildman–Crippen MR) is 63.6 cm³/mol. The molecule has 8 nitrogen and oxygen atoms in total. The molecule has 2 rings (SSSR count). The number of aliphatic hydroxyl groups excluding tert-OH is 2. The maximum atomic E-state index is 11.6. The molecular weight excluding hydrogens is 254 g/mol. The minimum absolute atomic E-state index is 0.0569. The van der Waals surface area contributed by atoms with Crippen LogP contribution in [0.3, 0.4) is 0 Å². The van der Waals surface area contributed by atoms with E-state index in [1.54, 1.807) is 0 Å². The topological polar surface area (TPSA) is 120 Å². The Kier molecular flexibility index (Phi) is 3.71. The molecule has 1 fully saturated rings. The quantitative estimate of drug-likeness (QED) is 0.544. The van der Waals surface area contributed by atoms with Gasteiger partial charge in [-0.25, -0.2) is 4.79 Å². The fourth-order valence-corrected chi connectivity index (χ4v) is 1.85. The van der Waals surface area contributed by atoms with Crippen LogP contribution in [0.25, 0.3) is 0 Å². The highest BCUT2D eigenvalue weighted by Crippen LogP contribution is 2.28. The normalized spacial score (nSPS) is 29.9. The Labute approximate surface area is 108 Å². The molecule has 102 valence electrons. The molecule has 0 aliphatic carbocycles. The number of nitrogen functional groups attached to an aromatic ring is 1. The third-order valence-electron chi connectivity index (χ3n) is 2.79. The van der Waals surface area contributed by atoms with Gasteiger partial charge in [0.1, 0.15) is 36.8 Å². The third-order valence-corrected chi connectivity index (χ3v) is 2.79. The molecule has 1 aromatic rings. The molecule has 0 amide bonds. The molecule has 4 N–H and O–H groups in total. The number of anilines is 1. The second-order valence-electron chi connectivity index (χ2n) is 4.02. The Morgan fingerprint density at radius 3 is 2.95 bits per heavy atom. The standard InChI is InChI=1S/C11H13N3O5/c1-2-18-5-6-8(15)9(16)10(19-6)14-4-3-7(12)13-11(14)17/h1,3-4,6,8-10,15-16H,5H2,(H2,12,13,17)/t6-,8-,9-,10-/m1/s1. The van der Waals surface area contributed by atoms with Gasteiger partial charge in [-0.05, 0) is 6.07 Å². The summed E-state index contributed by atoms with van der Waals surface area (Å²) in [7, 11) is 0. The number of hydrogen-bond donors (Lipinski definition) is 3. The molecule has 0 bridgehead atoms. The zero-order valence-corrected chi connectivity index (χ0v) is 9.84. The van der Waals surface area contributed by atoms with Crippen molar-refractivity contribution >= 4 is 5.82 Å². The summed E-state index contributed by atoms with van der Waals surface area (Å²) in [6.07, 6.45) is 3.77. The Bertz CT molecular complexity index is 552. The lowest BCUT2D eigenvalue weighted by atomic mass is 10.1. The molecule has 4 atom stereocenters. The van der Waals surface area contributed by atoms with Gasteiger partial charge >= 0.3 is 5.69 Å². The lowest BCUT2D eigenvalue weighted by molar-refractivity contribution is -0.0548. The fourth-order valence-electron chi connectivity index (χ4n) is 1.85. The van der Waals surface area contributed by atoms with Crippen LogP contribution in [0.1, 0.15) is 6.23 Å². The van der Waals surface area contributed by atoms with Crippen LogP contribution in [-0.4, -0.2) is 44.7 Å². The van der Waals surface area contributed by atoms with Gasteiger partial charge < -0.3 is 25.4 Å². The molecule has 0 spiro atoms. The molecule has 19 heavy (non-hydrogen) atoms. The van der Waals surface area contributed by atoms with E-state index in [0.717, 1.165) is 4.57 Å².